The summed E-state index contributed by atoms with van der Waals surface area (Å²) < 4.78 is 0.724. The van der Waals surface area contributed by atoms with Gasteiger partial charge in [-0.1, -0.05) is 6.92 Å². The van der Waals surface area contributed by atoms with Crippen LogP contribution in [0.15, 0.2) is 22.7 Å². The predicted molar refractivity (Wildman–Crippen MR) is 72.6 cm³/mol. The molecule has 0 aliphatic carbocycles. The van der Waals surface area contributed by atoms with Crippen LogP contribution in [0.4, 0.5) is 5.69 Å². The first-order chi connectivity index (χ1) is 8.41. The minimum atomic E-state index is -0.806. The Morgan fingerprint density at radius 3 is 2.67 bits per heavy atom. The molecule has 4 N–H and O–H groups in total. The normalized spacial score (nSPS) is 11.9. The van der Waals surface area contributed by atoms with E-state index in [0.29, 0.717) is 18.5 Å². The van der Waals surface area contributed by atoms with Crippen LogP contribution < -0.4 is 11.1 Å². The summed E-state index contributed by atoms with van der Waals surface area (Å²) in [6.45, 7) is 2.21. The van der Waals surface area contributed by atoms with Crippen molar-refractivity contribution in [2.75, 3.05) is 11.9 Å². The van der Waals surface area contributed by atoms with Gasteiger partial charge in [0.2, 0.25) is 5.91 Å². The minimum Gasteiger partial charge on any atom is -0.481 e. The Kier molecular flexibility index (Phi) is 5.15. The molecule has 0 aliphatic rings. The third-order valence-electron chi connectivity index (χ3n) is 2.57. The number of halogens is 1. The Balaban J connectivity index is 2.58. The number of primary amides is 1. The van der Waals surface area contributed by atoms with Gasteiger partial charge in [-0.3, -0.25) is 9.59 Å². The third-order valence-corrected chi connectivity index (χ3v) is 3.22. The van der Waals surface area contributed by atoms with E-state index in [-0.39, 0.29) is 5.92 Å². The number of carboxylic acids is 1. The molecule has 0 bridgehead atoms. The zero-order chi connectivity index (χ0) is 13.7. The highest BCUT2D eigenvalue weighted by molar-refractivity contribution is 9.10. The summed E-state index contributed by atoms with van der Waals surface area (Å²) in [4.78, 5) is 21.6. The van der Waals surface area contributed by atoms with Crippen LogP contribution in [0.25, 0.3) is 0 Å². The van der Waals surface area contributed by atoms with Crippen LogP contribution in [0.5, 0.6) is 0 Å². The van der Waals surface area contributed by atoms with E-state index in [1.165, 1.54) is 0 Å². The van der Waals surface area contributed by atoms with Crippen molar-refractivity contribution in [3.05, 3.63) is 28.2 Å². The zero-order valence-corrected chi connectivity index (χ0v) is 11.5. The van der Waals surface area contributed by atoms with E-state index in [2.05, 4.69) is 21.2 Å². The van der Waals surface area contributed by atoms with Gasteiger partial charge < -0.3 is 16.2 Å². The Morgan fingerprint density at radius 2 is 2.17 bits per heavy atom. The molecule has 0 aliphatic heterocycles. The Bertz CT molecular complexity index is 463. The topological polar surface area (TPSA) is 92.4 Å². The number of hydrogen-bond donors (Lipinski definition) is 3. The Morgan fingerprint density at radius 1 is 1.50 bits per heavy atom. The van der Waals surface area contributed by atoms with Gasteiger partial charge in [0.05, 0.1) is 5.92 Å². The summed E-state index contributed by atoms with van der Waals surface area (Å²) in [7, 11) is 0. The van der Waals surface area contributed by atoms with Crippen LogP contribution in [0.1, 0.15) is 23.7 Å². The molecule has 1 aromatic rings. The molecule has 0 spiro atoms. The lowest BCUT2D eigenvalue weighted by molar-refractivity contribution is -0.141. The van der Waals surface area contributed by atoms with Gasteiger partial charge in [0, 0.05) is 22.3 Å². The number of hydrogen-bond acceptors (Lipinski definition) is 3. The van der Waals surface area contributed by atoms with Crippen molar-refractivity contribution in [1.82, 2.24) is 0 Å². The van der Waals surface area contributed by atoms with Gasteiger partial charge >= 0.3 is 5.97 Å². The van der Waals surface area contributed by atoms with Crippen LogP contribution in [0, 0.1) is 5.92 Å². The molecule has 18 heavy (non-hydrogen) atoms. The maximum absolute atomic E-state index is 11.0. The van der Waals surface area contributed by atoms with Crippen LogP contribution in [0.3, 0.4) is 0 Å². The van der Waals surface area contributed by atoms with Crippen LogP contribution >= 0.6 is 15.9 Å². The van der Waals surface area contributed by atoms with E-state index >= 15 is 0 Å². The quantitative estimate of drug-likeness (QED) is 0.749. The lowest BCUT2D eigenvalue weighted by atomic mass is 10.1. The van der Waals surface area contributed by atoms with E-state index < -0.39 is 11.9 Å². The second-order valence-electron chi connectivity index (χ2n) is 4.01. The molecule has 1 rings (SSSR count). The summed E-state index contributed by atoms with van der Waals surface area (Å²) in [5, 5.41) is 11.8. The lowest BCUT2D eigenvalue weighted by Crippen LogP contribution is -2.15. The Hall–Kier alpha value is -1.56. The van der Waals surface area contributed by atoms with E-state index in [1.54, 1.807) is 25.1 Å². The summed E-state index contributed by atoms with van der Waals surface area (Å²) >= 11 is 3.32. The number of benzene rings is 1. The number of nitrogens with two attached hydrogens (primary N) is 1. The van der Waals surface area contributed by atoms with Gasteiger partial charge in [-0.2, -0.15) is 0 Å². The van der Waals surface area contributed by atoms with Crippen molar-refractivity contribution >= 4 is 33.5 Å². The fraction of sp³-hybridized carbons (Fsp3) is 0.333. The molecule has 1 unspecified atom stereocenters. The number of anilines is 1. The number of amides is 1. The molecular weight excluding hydrogens is 300 g/mol. The average molecular weight is 315 g/mol. The average Bonchev–Trinajstić information content (AvgIpc) is 2.30. The minimum absolute atomic E-state index is 0.388. The second-order valence-corrected chi connectivity index (χ2v) is 4.87. The lowest BCUT2D eigenvalue weighted by Gasteiger charge is -2.11. The van der Waals surface area contributed by atoms with Gasteiger partial charge in [-0.15, -0.1) is 0 Å². The monoisotopic (exact) mass is 314 g/mol. The van der Waals surface area contributed by atoms with E-state index in [4.69, 9.17) is 10.8 Å². The van der Waals surface area contributed by atoms with Gasteiger partial charge in [0.1, 0.15) is 0 Å². The van der Waals surface area contributed by atoms with Crippen molar-refractivity contribution in [1.29, 1.82) is 0 Å². The molecule has 1 atom stereocenters. The summed E-state index contributed by atoms with van der Waals surface area (Å²) in [5.74, 6) is -1.68. The van der Waals surface area contributed by atoms with Crippen molar-refractivity contribution in [2.45, 2.75) is 13.3 Å². The summed E-state index contributed by atoms with van der Waals surface area (Å²) in [6, 6.07) is 4.98. The van der Waals surface area contributed by atoms with Crippen molar-refractivity contribution in [2.24, 2.45) is 11.7 Å². The fourth-order valence-electron chi connectivity index (χ4n) is 1.36. The molecule has 1 aromatic carbocycles. The van der Waals surface area contributed by atoms with Crippen LogP contribution in [-0.4, -0.2) is 23.5 Å². The van der Waals surface area contributed by atoms with Gasteiger partial charge in [0.15, 0.2) is 0 Å². The number of aliphatic carboxylic acids is 1. The molecule has 5 nitrogen and oxygen atoms in total. The second kappa shape index (κ2) is 6.39. The molecular formula is C12H15BrN2O3. The molecule has 6 heteroatoms. The molecule has 0 fully saturated rings. The van der Waals surface area contributed by atoms with Gasteiger partial charge in [0.25, 0.3) is 0 Å². The summed E-state index contributed by atoms with van der Waals surface area (Å²) in [6.07, 6.45) is 0.527. The van der Waals surface area contributed by atoms with Crippen molar-refractivity contribution in [3.8, 4) is 0 Å². The predicted octanol–water partition coefficient (Wildman–Crippen LogP) is 2.07. The van der Waals surface area contributed by atoms with Crippen LogP contribution in [-0.2, 0) is 4.79 Å². The summed E-state index contributed by atoms with van der Waals surface area (Å²) in [5.41, 5.74) is 6.39. The molecule has 0 aromatic heterocycles. The third kappa shape index (κ3) is 4.03. The molecule has 0 heterocycles. The highest BCUT2D eigenvalue weighted by Gasteiger charge is 2.10. The highest BCUT2D eigenvalue weighted by Crippen LogP contribution is 2.23. The van der Waals surface area contributed by atoms with E-state index in [0.717, 1.165) is 10.2 Å². The molecule has 98 valence electrons. The van der Waals surface area contributed by atoms with Gasteiger partial charge in [-0.05, 0) is 40.5 Å². The Labute approximate surface area is 113 Å². The molecule has 0 saturated carbocycles. The van der Waals surface area contributed by atoms with E-state index in [9.17, 15) is 9.59 Å². The van der Waals surface area contributed by atoms with Crippen molar-refractivity contribution in [3.63, 3.8) is 0 Å². The number of rotatable bonds is 6. The number of nitrogens with one attached hydrogen (secondary N) is 1. The standard InChI is InChI=1S/C12H15BrN2O3/c1-7(12(17)18)4-5-15-10-3-2-8(11(14)16)6-9(10)13/h2-3,6-7,15H,4-5H2,1H3,(H2,14,16)(H,17,18). The number of carbonyl (C=O) groups excluding carboxylic acids is 1. The van der Waals surface area contributed by atoms with Crippen molar-refractivity contribution < 1.29 is 14.7 Å². The molecule has 0 radical (unpaired) electrons. The first kappa shape index (κ1) is 14.5. The maximum Gasteiger partial charge on any atom is 0.306 e. The van der Waals surface area contributed by atoms with Gasteiger partial charge in [-0.25, -0.2) is 0 Å². The highest BCUT2D eigenvalue weighted by atomic mass is 79.9. The zero-order valence-electron chi connectivity index (χ0n) is 9.94. The SMILES string of the molecule is CC(CCNc1ccc(C(N)=O)cc1Br)C(=O)O. The first-order valence-electron chi connectivity index (χ1n) is 5.48. The van der Waals surface area contributed by atoms with Crippen LogP contribution in [0.2, 0.25) is 0 Å². The molecule has 1 amide bonds. The number of carboxylic acid groups (broad SMARTS) is 1. The maximum atomic E-state index is 11.0. The van der Waals surface area contributed by atoms with E-state index in [1.807, 2.05) is 0 Å². The smallest absolute Gasteiger partial charge is 0.306 e. The molecule has 0 saturated heterocycles. The number of carbonyl (C=O) groups is 2. The first-order valence-corrected chi connectivity index (χ1v) is 6.27. The fourth-order valence-corrected chi connectivity index (χ4v) is 1.88. The largest absolute Gasteiger partial charge is 0.481 e.